The van der Waals surface area contributed by atoms with Gasteiger partial charge in [-0.1, -0.05) is 12.1 Å². The van der Waals surface area contributed by atoms with Crippen LogP contribution in [-0.4, -0.2) is 14.6 Å². The van der Waals surface area contributed by atoms with Crippen LogP contribution in [0.5, 0.6) is 0 Å². The second-order valence-electron chi connectivity index (χ2n) is 4.38. The Hall–Kier alpha value is -2.98. The van der Waals surface area contributed by atoms with Crippen molar-refractivity contribution in [3.63, 3.8) is 0 Å². The molecule has 1 aromatic carbocycles. The molecular formula is C14H11N3O4. The molecule has 0 amide bonds. The minimum atomic E-state index is -1.00. The molecule has 21 heavy (non-hydrogen) atoms. The highest BCUT2D eigenvalue weighted by Gasteiger charge is 2.12. The van der Waals surface area contributed by atoms with E-state index in [0.717, 1.165) is 22.9 Å². The Kier molecular flexibility index (Phi) is 4.11. The zero-order valence-electron chi connectivity index (χ0n) is 10.8. The van der Waals surface area contributed by atoms with Crippen LogP contribution < -0.4 is 5.56 Å². The van der Waals surface area contributed by atoms with Gasteiger partial charge in [0.1, 0.15) is 0 Å². The summed E-state index contributed by atoms with van der Waals surface area (Å²) in [4.78, 5) is 21.7. The summed E-state index contributed by atoms with van der Waals surface area (Å²) in [5.74, 6) is 0. The van der Waals surface area contributed by atoms with E-state index in [0.29, 0.717) is 11.1 Å². The number of pyridine rings is 1. The molecule has 7 heteroatoms. The van der Waals surface area contributed by atoms with Gasteiger partial charge in [0.25, 0.3) is 11.2 Å². The number of nitrogens with zero attached hydrogens (tertiary/aromatic N) is 3. The van der Waals surface area contributed by atoms with E-state index in [2.05, 4.69) is 0 Å². The summed E-state index contributed by atoms with van der Waals surface area (Å²) in [6.45, 7) is -0.105. The molecule has 0 saturated heterocycles. The molecule has 0 radical (unpaired) electrons. The van der Waals surface area contributed by atoms with Gasteiger partial charge in [-0.15, -0.1) is 0 Å². The first-order valence-corrected chi connectivity index (χ1v) is 6.04. The molecule has 0 aliphatic rings. The third-order valence-corrected chi connectivity index (χ3v) is 2.97. The van der Waals surface area contributed by atoms with Crippen molar-refractivity contribution in [3.05, 3.63) is 74.2 Å². The number of benzene rings is 1. The first-order valence-electron chi connectivity index (χ1n) is 6.04. The molecule has 1 unspecified atom stereocenters. The monoisotopic (exact) mass is 285 g/mol. The Morgan fingerprint density at radius 1 is 1.29 bits per heavy atom. The van der Waals surface area contributed by atoms with Crippen molar-refractivity contribution in [2.24, 2.45) is 0 Å². The summed E-state index contributed by atoms with van der Waals surface area (Å²) in [5.41, 5.74) is 0.320. The van der Waals surface area contributed by atoms with Gasteiger partial charge in [0.05, 0.1) is 35.4 Å². The smallest absolute Gasteiger partial charge is 0.285 e. The van der Waals surface area contributed by atoms with Gasteiger partial charge in [0.2, 0.25) is 0 Å². The Morgan fingerprint density at radius 3 is 2.52 bits per heavy atom. The molecule has 0 aliphatic carbocycles. The van der Waals surface area contributed by atoms with Gasteiger partial charge in [-0.2, -0.15) is 5.26 Å². The van der Waals surface area contributed by atoms with Crippen molar-refractivity contribution in [1.82, 2.24) is 4.57 Å². The van der Waals surface area contributed by atoms with Crippen molar-refractivity contribution < 1.29 is 10.0 Å². The first-order chi connectivity index (χ1) is 10.0. The maximum absolute atomic E-state index is 11.6. The van der Waals surface area contributed by atoms with Crippen molar-refractivity contribution in [1.29, 1.82) is 5.26 Å². The lowest BCUT2D eigenvalue weighted by Crippen LogP contribution is -2.22. The van der Waals surface area contributed by atoms with Crippen LogP contribution in [0.15, 0.2) is 47.4 Å². The largest absolute Gasteiger partial charge is 0.387 e. The molecule has 0 bridgehead atoms. The molecule has 2 aromatic rings. The van der Waals surface area contributed by atoms with Crippen molar-refractivity contribution in [3.8, 4) is 6.07 Å². The molecule has 1 aromatic heterocycles. The maximum atomic E-state index is 11.6. The molecule has 0 saturated carbocycles. The molecule has 1 N–H and O–H groups in total. The normalized spacial score (nSPS) is 11.6. The fraction of sp³-hybridized carbons (Fsp3) is 0.143. The molecular weight excluding hydrogens is 274 g/mol. The van der Waals surface area contributed by atoms with Gasteiger partial charge in [-0.25, -0.2) is 0 Å². The molecule has 1 atom stereocenters. The number of rotatable bonds is 4. The van der Waals surface area contributed by atoms with Crippen LogP contribution in [0.2, 0.25) is 0 Å². The zero-order chi connectivity index (χ0) is 15.4. The minimum Gasteiger partial charge on any atom is -0.387 e. The van der Waals surface area contributed by atoms with Gasteiger partial charge in [0.15, 0.2) is 0 Å². The van der Waals surface area contributed by atoms with Gasteiger partial charge >= 0.3 is 0 Å². The Morgan fingerprint density at radius 2 is 1.95 bits per heavy atom. The van der Waals surface area contributed by atoms with E-state index in [1.54, 1.807) is 24.3 Å². The molecule has 0 fully saturated rings. The summed E-state index contributed by atoms with van der Waals surface area (Å²) in [5, 5.41) is 29.5. The van der Waals surface area contributed by atoms with E-state index in [9.17, 15) is 20.0 Å². The van der Waals surface area contributed by atoms with E-state index in [1.807, 2.05) is 6.07 Å². The highest BCUT2D eigenvalue weighted by atomic mass is 16.6. The van der Waals surface area contributed by atoms with E-state index >= 15 is 0 Å². The lowest BCUT2D eigenvalue weighted by Gasteiger charge is -2.12. The van der Waals surface area contributed by atoms with Crippen LogP contribution in [0.3, 0.4) is 0 Å². The van der Waals surface area contributed by atoms with Crippen LogP contribution in [0, 0.1) is 21.4 Å². The minimum absolute atomic E-state index is 0.105. The maximum Gasteiger partial charge on any atom is 0.285 e. The van der Waals surface area contributed by atoms with Crippen molar-refractivity contribution in [2.75, 3.05) is 0 Å². The summed E-state index contributed by atoms with van der Waals surface area (Å²) >= 11 is 0. The number of aliphatic hydroxyl groups is 1. The lowest BCUT2D eigenvalue weighted by molar-refractivity contribution is -0.385. The van der Waals surface area contributed by atoms with Crippen molar-refractivity contribution in [2.45, 2.75) is 12.6 Å². The van der Waals surface area contributed by atoms with Gasteiger partial charge in [-0.05, 0) is 17.7 Å². The second kappa shape index (κ2) is 5.98. The molecule has 7 nitrogen and oxygen atoms in total. The van der Waals surface area contributed by atoms with Crippen LogP contribution in [0.4, 0.5) is 5.69 Å². The fourth-order valence-electron chi connectivity index (χ4n) is 1.84. The number of hydrogen-bond donors (Lipinski definition) is 1. The zero-order valence-corrected chi connectivity index (χ0v) is 10.8. The van der Waals surface area contributed by atoms with Crippen LogP contribution in [-0.2, 0) is 6.54 Å². The van der Waals surface area contributed by atoms with E-state index in [4.69, 9.17) is 5.26 Å². The Labute approximate surface area is 119 Å². The molecule has 0 spiro atoms. The predicted octanol–water partition coefficient (Wildman–Crippen LogP) is 1.36. The lowest BCUT2D eigenvalue weighted by atomic mass is 10.1. The molecule has 106 valence electrons. The number of aliphatic hydroxyl groups excluding tert-OH is 1. The van der Waals surface area contributed by atoms with Gasteiger partial charge in [0, 0.05) is 12.1 Å². The van der Waals surface area contributed by atoms with E-state index in [1.165, 1.54) is 0 Å². The highest BCUT2D eigenvalue weighted by Crippen LogP contribution is 2.16. The summed E-state index contributed by atoms with van der Waals surface area (Å²) in [6.07, 6.45) is 0.0901. The first kappa shape index (κ1) is 14.4. The Balaban J connectivity index is 2.24. The fourth-order valence-corrected chi connectivity index (χ4v) is 1.84. The van der Waals surface area contributed by atoms with Crippen LogP contribution in [0.1, 0.15) is 17.2 Å². The predicted molar refractivity (Wildman–Crippen MR) is 73.5 cm³/mol. The topological polar surface area (TPSA) is 109 Å². The number of nitro groups is 1. The molecule has 1 heterocycles. The molecule has 2 rings (SSSR count). The number of nitriles is 1. The van der Waals surface area contributed by atoms with Crippen LogP contribution in [0.25, 0.3) is 0 Å². The number of hydrogen-bond acceptors (Lipinski definition) is 5. The van der Waals surface area contributed by atoms with Crippen LogP contribution >= 0.6 is 0 Å². The third-order valence-electron chi connectivity index (χ3n) is 2.97. The van der Waals surface area contributed by atoms with Crippen molar-refractivity contribution >= 4 is 5.69 Å². The molecule has 0 aliphatic heterocycles. The summed E-state index contributed by atoms with van der Waals surface area (Å²) in [7, 11) is 0. The second-order valence-corrected chi connectivity index (χ2v) is 4.38. The summed E-state index contributed by atoms with van der Waals surface area (Å²) in [6, 6.07) is 10.4. The third kappa shape index (κ3) is 3.32. The Bertz CT molecular complexity index is 759. The average Bonchev–Trinajstić information content (AvgIpc) is 2.49. The highest BCUT2D eigenvalue weighted by molar-refractivity contribution is 5.32. The summed E-state index contributed by atoms with van der Waals surface area (Å²) < 4.78 is 1.08. The average molecular weight is 285 g/mol. The van der Waals surface area contributed by atoms with Gasteiger partial charge < -0.3 is 9.67 Å². The standard InChI is InChI=1S/C14H11N3O4/c15-7-10-1-3-11(4-2-10)13(18)9-16-8-12(17(20)21)5-6-14(16)19/h1-6,8,13,18H,9H2. The van der Waals surface area contributed by atoms with Gasteiger partial charge in [-0.3, -0.25) is 14.9 Å². The number of aromatic nitrogens is 1. The van der Waals surface area contributed by atoms with E-state index in [-0.39, 0.29) is 12.2 Å². The SMILES string of the molecule is N#Cc1ccc(C(O)Cn2cc([N+](=O)[O-])ccc2=O)cc1. The van der Waals surface area contributed by atoms with E-state index < -0.39 is 16.6 Å². The quantitative estimate of drug-likeness (QED) is 0.673.